The fourth-order valence-electron chi connectivity index (χ4n) is 1.28. The zero-order valence-corrected chi connectivity index (χ0v) is 10.7. The predicted molar refractivity (Wildman–Crippen MR) is 66.1 cm³/mol. The highest BCUT2D eigenvalue weighted by atomic mass is 32.2. The first-order valence-corrected chi connectivity index (χ1v) is 6.20. The van der Waals surface area contributed by atoms with Gasteiger partial charge in [0.15, 0.2) is 0 Å². The summed E-state index contributed by atoms with van der Waals surface area (Å²) >= 11 is 0. The van der Waals surface area contributed by atoms with Gasteiger partial charge >= 0.3 is 0 Å². The van der Waals surface area contributed by atoms with E-state index < -0.39 is 10.0 Å². The Kier molecular flexibility index (Phi) is 3.44. The molecule has 0 saturated heterocycles. The molecule has 90 valence electrons. The molecule has 0 saturated carbocycles. The summed E-state index contributed by atoms with van der Waals surface area (Å²) in [6, 6.07) is 4.69. The van der Waals surface area contributed by atoms with Crippen molar-refractivity contribution in [2.75, 3.05) is 38.8 Å². The van der Waals surface area contributed by atoms with Crippen LogP contribution in [0.4, 0.5) is 11.4 Å². The fourth-order valence-corrected chi connectivity index (χ4v) is 2.20. The summed E-state index contributed by atoms with van der Waals surface area (Å²) in [6.45, 7) is 0. The number of anilines is 2. The number of rotatable bonds is 3. The van der Waals surface area contributed by atoms with Crippen LogP contribution in [0, 0.1) is 0 Å². The molecule has 0 heterocycles. The molecule has 6 heteroatoms. The van der Waals surface area contributed by atoms with Gasteiger partial charge in [-0.15, -0.1) is 0 Å². The van der Waals surface area contributed by atoms with Gasteiger partial charge in [-0.05, 0) is 18.2 Å². The van der Waals surface area contributed by atoms with Gasteiger partial charge in [0.1, 0.15) is 0 Å². The van der Waals surface area contributed by atoms with E-state index in [1.165, 1.54) is 24.5 Å². The first-order chi connectivity index (χ1) is 7.26. The standard InChI is InChI=1S/C10H17N3O2S/c1-12(2)10-7-8(5-6-9(10)11)16(14,15)13(3)4/h5-7H,11H2,1-4H3. The topological polar surface area (TPSA) is 66.6 Å². The van der Waals surface area contributed by atoms with Crippen LogP contribution in [0.2, 0.25) is 0 Å². The molecule has 0 aromatic heterocycles. The second-order valence-electron chi connectivity index (χ2n) is 3.90. The molecule has 2 N–H and O–H groups in total. The van der Waals surface area contributed by atoms with Gasteiger partial charge in [0.05, 0.1) is 16.3 Å². The van der Waals surface area contributed by atoms with Gasteiger partial charge in [-0.1, -0.05) is 0 Å². The highest BCUT2D eigenvalue weighted by molar-refractivity contribution is 7.89. The minimum Gasteiger partial charge on any atom is -0.397 e. The normalized spacial score (nSPS) is 11.8. The first-order valence-electron chi connectivity index (χ1n) is 4.76. The second-order valence-corrected chi connectivity index (χ2v) is 6.05. The summed E-state index contributed by atoms with van der Waals surface area (Å²) in [6.07, 6.45) is 0. The maximum atomic E-state index is 11.9. The molecule has 0 fully saturated rings. The van der Waals surface area contributed by atoms with Crippen LogP contribution >= 0.6 is 0 Å². The molecule has 0 aliphatic heterocycles. The van der Waals surface area contributed by atoms with Crippen molar-refractivity contribution in [2.45, 2.75) is 4.90 Å². The van der Waals surface area contributed by atoms with Crippen LogP contribution in [0.1, 0.15) is 0 Å². The quantitative estimate of drug-likeness (QED) is 0.789. The molecule has 0 bridgehead atoms. The van der Waals surface area contributed by atoms with Crippen LogP contribution in [-0.4, -0.2) is 40.9 Å². The molecule has 1 aromatic rings. The fraction of sp³-hybridized carbons (Fsp3) is 0.400. The lowest BCUT2D eigenvalue weighted by Gasteiger charge is -2.18. The Hall–Kier alpha value is -1.27. The Morgan fingerprint density at radius 2 is 1.69 bits per heavy atom. The summed E-state index contributed by atoms with van der Waals surface area (Å²) in [5.74, 6) is 0. The van der Waals surface area contributed by atoms with E-state index in [0.717, 1.165) is 0 Å². The van der Waals surface area contributed by atoms with Crippen LogP contribution in [0.25, 0.3) is 0 Å². The number of nitrogens with zero attached hydrogens (tertiary/aromatic N) is 2. The largest absolute Gasteiger partial charge is 0.397 e. The number of sulfonamides is 1. The zero-order valence-electron chi connectivity index (χ0n) is 9.93. The summed E-state index contributed by atoms with van der Waals surface area (Å²) in [5.41, 5.74) is 7.01. The molecule has 0 unspecified atom stereocenters. The third-order valence-corrected chi connectivity index (χ3v) is 4.07. The Labute approximate surface area is 96.5 Å². The van der Waals surface area contributed by atoms with E-state index in [2.05, 4.69) is 0 Å². The van der Waals surface area contributed by atoms with Gasteiger partial charge in [-0.25, -0.2) is 12.7 Å². The maximum Gasteiger partial charge on any atom is 0.242 e. The van der Waals surface area contributed by atoms with Gasteiger partial charge in [0, 0.05) is 28.2 Å². The van der Waals surface area contributed by atoms with Crippen LogP contribution in [0.15, 0.2) is 23.1 Å². The number of nitrogens with two attached hydrogens (primary N) is 1. The monoisotopic (exact) mass is 243 g/mol. The van der Waals surface area contributed by atoms with E-state index in [4.69, 9.17) is 5.73 Å². The molecule has 0 atom stereocenters. The van der Waals surface area contributed by atoms with Crippen molar-refractivity contribution in [3.05, 3.63) is 18.2 Å². The van der Waals surface area contributed by atoms with E-state index >= 15 is 0 Å². The van der Waals surface area contributed by atoms with Crippen molar-refractivity contribution in [2.24, 2.45) is 0 Å². The molecule has 0 aliphatic rings. The van der Waals surface area contributed by atoms with Crippen molar-refractivity contribution in [1.29, 1.82) is 0 Å². The van der Waals surface area contributed by atoms with E-state index in [1.54, 1.807) is 17.0 Å². The highest BCUT2D eigenvalue weighted by Gasteiger charge is 2.18. The average molecular weight is 243 g/mol. The molecular weight excluding hydrogens is 226 g/mol. The summed E-state index contributed by atoms with van der Waals surface area (Å²) in [4.78, 5) is 2.03. The Bertz CT molecular complexity index is 481. The third-order valence-electron chi connectivity index (χ3n) is 2.26. The Morgan fingerprint density at radius 1 is 1.12 bits per heavy atom. The van der Waals surface area contributed by atoms with Gasteiger partial charge in [0.25, 0.3) is 0 Å². The van der Waals surface area contributed by atoms with Crippen molar-refractivity contribution < 1.29 is 8.42 Å². The summed E-state index contributed by atoms with van der Waals surface area (Å²) in [5, 5.41) is 0. The van der Waals surface area contributed by atoms with E-state index in [-0.39, 0.29) is 4.90 Å². The lowest BCUT2D eigenvalue weighted by atomic mass is 10.2. The SMILES string of the molecule is CN(C)c1cc(S(=O)(=O)N(C)C)ccc1N. The lowest BCUT2D eigenvalue weighted by Crippen LogP contribution is -2.22. The zero-order chi connectivity index (χ0) is 12.5. The van der Waals surface area contributed by atoms with Crippen molar-refractivity contribution in [3.8, 4) is 0 Å². The third kappa shape index (κ3) is 2.28. The van der Waals surface area contributed by atoms with Crippen LogP contribution in [0.5, 0.6) is 0 Å². The number of benzene rings is 1. The number of hydrogen-bond donors (Lipinski definition) is 1. The molecule has 16 heavy (non-hydrogen) atoms. The van der Waals surface area contributed by atoms with Crippen molar-refractivity contribution in [1.82, 2.24) is 4.31 Å². The van der Waals surface area contributed by atoms with Crippen LogP contribution < -0.4 is 10.6 Å². The average Bonchev–Trinajstić information content (AvgIpc) is 2.17. The Morgan fingerprint density at radius 3 is 2.12 bits per heavy atom. The van der Waals surface area contributed by atoms with Crippen LogP contribution in [-0.2, 0) is 10.0 Å². The van der Waals surface area contributed by atoms with Crippen LogP contribution in [0.3, 0.4) is 0 Å². The second kappa shape index (κ2) is 4.31. The molecular formula is C10H17N3O2S. The van der Waals surface area contributed by atoms with Gasteiger partial charge in [0.2, 0.25) is 10.0 Å². The maximum absolute atomic E-state index is 11.9. The molecule has 5 nitrogen and oxygen atoms in total. The van der Waals surface area contributed by atoms with E-state index in [0.29, 0.717) is 11.4 Å². The smallest absolute Gasteiger partial charge is 0.242 e. The molecule has 0 spiro atoms. The van der Waals surface area contributed by atoms with Gasteiger partial charge < -0.3 is 10.6 Å². The van der Waals surface area contributed by atoms with Crippen molar-refractivity contribution >= 4 is 21.4 Å². The number of hydrogen-bond acceptors (Lipinski definition) is 4. The lowest BCUT2D eigenvalue weighted by molar-refractivity contribution is 0.521. The van der Waals surface area contributed by atoms with Crippen molar-refractivity contribution in [3.63, 3.8) is 0 Å². The van der Waals surface area contributed by atoms with E-state index in [1.807, 2.05) is 14.1 Å². The van der Waals surface area contributed by atoms with Gasteiger partial charge in [-0.3, -0.25) is 0 Å². The summed E-state index contributed by atoms with van der Waals surface area (Å²) < 4.78 is 24.9. The predicted octanol–water partition coefficient (Wildman–Crippen LogP) is 0.585. The molecule has 0 amide bonds. The first kappa shape index (κ1) is 12.8. The molecule has 0 aliphatic carbocycles. The minimum atomic E-state index is -3.40. The molecule has 1 rings (SSSR count). The highest BCUT2D eigenvalue weighted by Crippen LogP contribution is 2.25. The number of nitrogen functional groups attached to an aromatic ring is 1. The van der Waals surface area contributed by atoms with Gasteiger partial charge in [-0.2, -0.15) is 0 Å². The molecule has 1 aromatic carbocycles. The Balaban J connectivity index is 3.34. The summed E-state index contributed by atoms with van der Waals surface area (Å²) in [7, 11) is 3.24. The van der Waals surface area contributed by atoms with E-state index in [9.17, 15) is 8.42 Å². The minimum absolute atomic E-state index is 0.246. The molecule has 0 radical (unpaired) electrons.